The molecule has 2 aromatic rings. The fourth-order valence-electron chi connectivity index (χ4n) is 2.14. The van der Waals surface area contributed by atoms with Gasteiger partial charge in [0.1, 0.15) is 5.76 Å². The number of hydrogen-bond acceptors (Lipinski definition) is 3. The number of rotatable bonds is 4. The van der Waals surface area contributed by atoms with Crippen LogP contribution in [0.15, 0.2) is 39.3 Å². The van der Waals surface area contributed by atoms with E-state index in [1.165, 1.54) is 0 Å². The average Bonchev–Trinajstić information content (AvgIpc) is 2.77. The van der Waals surface area contributed by atoms with E-state index in [4.69, 9.17) is 4.52 Å². The molecule has 1 heterocycles. The topological polar surface area (TPSA) is 55.1 Å². The number of hydrogen-bond donors (Lipinski definition) is 1. The molecule has 1 N–H and O–H groups in total. The van der Waals surface area contributed by atoms with Crippen molar-refractivity contribution in [2.75, 3.05) is 5.32 Å². The third kappa shape index (κ3) is 3.48. The summed E-state index contributed by atoms with van der Waals surface area (Å²) in [5, 5.41) is 6.59. The smallest absolute Gasteiger partial charge is 0.233 e. The molecule has 0 aliphatic carbocycles. The second-order valence-corrected chi connectivity index (χ2v) is 6.00. The molecule has 5 heteroatoms. The molecule has 1 aromatic carbocycles. The molecule has 0 fully saturated rings. The van der Waals surface area contributed by atoms with Gasteiger partial charge in [-0.05, 0) is 30.5 Å². The van der Waals surface area contributed by atoms with Crippen LogP contribution in [0.1, 0.15) is 31.1 Å². The summed E-state index contributed by atoms with van der Waals surface area (Å²) in [6.07, 6.45) is 0. The lowest BCUT2D eigenvalue weighted by Gasteiger charge is -2.20. The lowest BCUT2D eigenvalue weighted by molar-refractivity contribution is -0.118. The van der Waals surface area contributed by atoms with Gasteiger partial charge in [-0.25, -0.2) is 0 Å². The summed E-state index contributed by atoms with van der Waals surface area (Å²) in [5.74, 6) is 1.01. The fourth-order valence-corrected chi connectivity index (χ4v) is 2.40. The van der Waals surface area contributed by atoms with E-state index in [-0.39, 0.29) is 17.7 Å². The molecule has 0 aliphatic rings. The predicted octanol–water partition coefficient (Wildman–Crippen LogP) is 4.12. The third-order valence-corrected chi connectivity index (χ3v) is 3.59. The number of aryl methyl sites for hydroxylation is 1. The van der Waals surface area contributed by atoms with Crippen molar-refractivity contribution >= 4 is 27.7 Å². The van der Waals surface area contributed by atoms with Gasteiger partial charge in [0.05, 0.1) is 5.92 Å². The lowest BCUT2D eigenvalue weighted by Crippen LogP contribution is -2.25. The molecule has 106 valence electrons. The van der Waals surface area contributed by atoms with Crippen molar-refractivity contribution in [1.82, 2.24) is 5.16 Å². The highest BCUT2D eigenvalue weighted by Crippen LogP contribution is 2.27. The summed E-state index contributed by atoms with van der Waals surface area (Å²) in [5.41, 5.74) is 0.987. The summed E-state index contributed by atoms with van der Waals surface area (Å²) in [6, 6.07) is 9.51. The molecular formula is C15H17BrN2O2. The zero-order valence-corrected chi connectivity index (χ0v) is 13.3. The fraction of sp³-hybridized carbons (Fsp3) is 0.333. The summed E-state index contributed by atoms with van der Waals surface area (Å²) >= 11 is 3.40. The minimum Gasteiger partial charge on any atom is -0.360 e. The zero-order chi connectivity index (χ0) is 14.7. The first-order chi connectivity index (χ1) is 9.47. The van der Waals surface area contributed by atoms with Crippen LogP contribution < -0.4 is 5.32 Å². The predicted molar refractivity (Wildman–Crippen MR) is 81.6 cm³/mol. The number of nitrogens with one attached hydrogen (secondary N) is 1. The molecule has 0 saturated carbocycles. The maximum absolute atomic E-state index is 12.4. The molecule has 4 nitrogen and oxygen atoms in total. The van der Waals surface area contributed by atoms with Crippen LogP contribution >= 0.6 is 15.9 Å². The first kappa shape index (κ1) is 14.8. The number of benzene rings is 1. The highest BCUT2D eigenvalue weighted by atomic mass is 79.9. The van der Waals surface area contributed by atoms with Crippen LogP contribution in [0.3, 0.4) is 0 Å². The Bertz CT molecular complexity index is 590. The highest BCUT2D eigenvalue weighted by Gasteiger charge is 2.24. The standard InChI is InChI=1S/C15H17BrN2O2/c1-9(2)14(11-4-6-12(16)7-5-11)15(19)17-13-8-10(3)20-18-13/h4-9,14H,1-3H3,(H,17,18,19). The first-order valence-electron chi connectivity index (χ1n) is 6.47. The van der Waals surface area contributed by atoms with Crippen molar-refractivity contribution in [1.29, 1.82) is 0 Å². The number of carbonyl (C=O) groups excluding carboxylic acids is 1. The lowest BCUT2D eigenvalue weighted by atomic mass is 9.87. The van der Waals surface area contributed by atoms with Crippen molar-refractivity contribution in [2.24, 2.45) is 5.92 Å². The Labute approximate surface area is 126 Å². The monoisotopic (exact) mass is 336 g/mol. The van der Waals surface area contributed by atoms with Crippen molar-refractivity contribution < 1.29 is 9.32 Å². The van der Waals surface area contributed by atoms with Crippen LogP contribution in [-0.4, -0.2) is 11.1 Å². The number of nitrogens with zero attached hydrogens (tertiary/aromatic N) is 1. The first-order valence-corrected chi connectivity index (χ1v) is 7.26. The number of anilines is 1. The molecule has 1 atom stereocenters. The molecular weight excluding hydrogens is 320 g/mol. The average molecular weight is 337 g/mol. The van der Waals surface area contributed by atoms with E-state index in [9.17, 15) is 4.79 Å². The van der Waals surface area contributed by atoms with E-state index in [1.807, 2.05) is 38.1 Å². The molecule has 0 aliphatic heterocycles. The van der Waals surface area contributed by atoms with Gasteiger partial charge in [0, 0.05) is 10.5 Å². The SMILES string of the molecule is Cc1cc(NC(=O)C(c2ccc(Br)cc2)C(C)C)no1. The van der Waals surface area contributed by atoms with Crippen molar-refractivity contribution in [3.8, 4) is 0 Å². The van der Waals surface area contributed by atoms with Crippen molar-refractivity contribution in [2.45, 2.75) is 26.7 Å². The van der Waals surface area contributed by atoms with Crippen molar-refractivity contribution in [3.63, 3.8) is 0 Å². The molecule has 0 radical (unpaired) electrons. The summed E-state index contributed by atoms with van der Waals surface area (Å²) < 4.78 is 5.95. The molecule has 0 spiro atoms. The van der Waals surface area contributed by atoms with Gasteiger partial charge in [-0.1, -0.05) is 47.1 Å². The Morgan fingerprint density at radius 2 is 1.95 bits per heavy atom. The Kier molecular flexibility index (Phi) is 4.60. The number of halogens is 1. The molecule has 1 unspecified atom stereocenters. The maximum Gasteiger partial charge on any atom is 0.233 e. The van der Waals surface area contributed by atoms with Gasteiger partial charge in [-0.2, -0.15) is 0 Å². The van der Waals surface area contributed by atoms with Crippen LogP contribution in [0.4, 0.5) is 5.82 Å². The van der Waals surface area contributed by atoms with E-state index < -0.39 is 0 Å². The largest absolute Gasteiger partial charge is 0.360 e. The summed E-state index contributed by atoms with van der Waals surface area (Å²) in [6.45, 7) is 5.85. The van der Waals surface area contributed by atoms with Crippen molar-refractivity contribution in [3.05, 3.63) is 46.1 Å². The summed E-state index contributed by atoms with van der Waals surface area (Å²) in [7, 11) is 0. The third-order valence-electron chi connectivity index (χ3n) is 3.06. The summed E-state index contributed by atoms with van der Waals surface area (Å²) in [4.78, 5) is 12.4. The molecule has 1 aromatic heterocycles. The van der Waals surface area contributed by atoms with Crippen LogP contribution in [0.2, 0.25) is 0 Å². The second kappa shape index (κ2) is 6.22. The number of carbonyl (C=O) groups is 1. The Balaban J connectivity index is 2.20. The zero-order valence-electron chi connectivity index (χ0n) is 11.7. The van der Waals surface area contributed by atoms with Crippen LogP contribution in [-0.2, 0) is 4.79 Å². The van der Waals surface area contributed by atoms with Gasteiger partial charge in [0.15, 0.2) is 5.82 Å². The Morgan fingerprint density at radius 3 is 2.45 bits per heavy atom. The Morgan fingerprint density at radius 1 is 1.30 bits per heavy atom. The molecule has 1 amide bonds. The molecule has 2 rings (SSSR count). The van der Waals surface area contributed by atoms with E-state index in [1.54, 1.807) is 13.0 Å². The normalized spacial score (nSPS) is 12.4. The quantitative estimate of drug-likeness (QED) is 0.913. The van der Waals surface area contributed by atoms with E-state index in [2.05, 4.69) is 26.4 Å². The van der Waals surface area contributed by atoms with Gasteiger partial charge in [-0.3, -0.25) is 4.79 Å². The minimum absolute atomic E-state index is 0.0735. The Hall–Kier alpha value is -1.62. The second-order valence-electron chi connectivity index (χ2n) is 5.09. The van der Waals surface area contributed by atoms with Crippen LogP contribution in [0.25, 0.3) is 0 Å². The number of amides is 1. The minimum atomic E-state index is -0.222. The highest BCUT2D eigenvalue weighted by molar-refractivity contribution is 9.10. The van der Waals surface area contributed by atoms with Gasteiger partial charge < -0.3 is 9.84 Å². The van der Waals surface area contributed by atoms with Gasteiger partial charge in [-0.15, -0.1) is 0 Å². The molecule has 0 saturated heterocycles. The number of aromatic nitrogens is 1. The maximum atomic E-state index is 12.4. The van der Waals surface area contributed by atoms with E-state index in [0.717, 1.165) is 10.0 Å². The molecule has 0 bridgehead atoms. The van der Waals surface area contributed by atoms with Gasteiger partial charge >= 0.3 is 0 Å². The van der Waals surface area contributed by atoms with Gasteiger partial charge in [0.2, 0.25) is 5.91 Å². The van der Waals surface area contributed by atoms with E-state index in [0.29, 0.717) is 11.6 Å². The van der Waals surface area contributed by atoms with E-state index >= 15 is 0 Å². The van der Waals surface area contributed by atoms with Crippen LogP contribution in [0.5, 0.6) is 0 Å². The van der Waals surface area contributed by atoms with Gasteiger partial charge in [0.25, 0.3) is 0 Å². The molecule has 20 heavy (non-hydrogen) atoms. The van der Waals surface area contributed by atoms with Crippen LogP contribution in [0, 0.1) is 12.8 Å².